The minimum Gasteiger partial charge on any atom is -0.481 e. The second-order valence-corrected chi connectivity index (χ2v) is 7.57. The van der Waals surface area contributed by atoms with Crippen molar-refractivity contribution < 1.29 is 17.9 Å². The van der Waals surface area contributed by atoms with Gasteiger partial charge in [0.15, 0.2) is 6.10 Å². The first-order chi connectivity index (χ1) is 12.9. The Balaban J connectivity index is 1.93. The van der Waals surface area contributed by atoms with Crippen molar-refractivity contribution in [3.8, 4) is 11.8 Å². The van der Waals surface area contributed by atoms with Crippen LogP contribution < -0.4 is 15.0 Å². The highest BCUT2D eigenvalue weighted by atomic mass is 32.2. The number of sulfonamides is 1. The van der Waals surface area contributed by atoms with Crippen LogP contribution >= 0.6 is 0 Å². The normalized spacial score (nSPS) is 12.0. The molecule has 1 atom stereocenters. The lowest BCUT2D eigenvalue weighted by Crippen LogP contribution is -2.47. The molecule has 0 aliphatic heterocycles. The highest BCUT2D eigenvalue weighted by Gasteiger charge is 2.19. The molecule has 2 aromatic carbocycles. The van der Waals surface area contributed by atoms with Gasteiger partial charge in [0.2, 0.25) is 0 Å². The summed E-state index contributed by atoms with van der Waals surface area (Å²) in [4.78, 5) is 14.2. The van der Waals surface area contributed by atoms with Crippen LogP contribution in [0.15, 0.2) is 53.4 Å². The molecular weight excluding hydrogens is 366 g/mol. The number of aryl methyl sites for hydroxylation is 1. The molecule has 142 valence electrons. The Kier molecular flexibility index (Phi) is 6.93. The topological polar surface area (TPSA) is 108 Å². The molecule has 2 aromatic rings. The van der Waals surface area contributed by atoms with Crippen molar-refractivity contribution in [1.82, 2.24) is 10.3 Å². The Bertz CT molecular complexity index is 917. The summed E-state index contributed by atoms with van der Waals surface area (Å²) in [5, 5.41) is 8.76. The van der Waals surface area contributed by atoms with Gasteiger partial charge >= 0.3 is 0 Å². The number of ether oxygens (including phenoxy) is 1. The minimum absolute atomic E-state index is 0.0586. The fraction of sp³-hybridized carbons (Fsp3) is 0.263. The third-order valence-electron chi connectivity index (χ3n) is 3.75. The van der Waals surface area contributed by atoms with E-state index in [4.69, 9.17) is 10.00 Å². The summed E-state index contributed by atoms with van der Waals surface area (Å²) in [6.45, 7) is 3.53. The Hall–Kier alpha value is -2.89. The van der Waals surface area contributed by atoms with Crippen LogP contribution in [0.25, 0.3) is 0 Å². The second kappa shape index (κ2) is 9.16. The molecule has 0 radical (unpaired) electrons. The van der Waals surface area contributed by atoms with Gasteiger partial charge in [-0.3, -0.25) is 10.2 Å². The zero-order chi connectivity index (χ0) is 19.9. The van der Waals surface area contributed by atoms with E-state index in [1.54, 1.807) is 36.4 Å². The fourth-order valence-electron chi connectivity index (χ4n) is 2.27. The molecule has 0 fully saturated rings. The third kappa shape index (κ3) is 5.81. The molecule has 0 aliphatic carbocycles. The number of carbonyl (C=O) groups is 1. The zero-order valence-electron chi connectivity index (χ0n) is 15.1. The number of amides is 1. The number of benzene rings is 2. The number of hydrogen-bond donors (Lipinski definition) is 2. The summed E-state index contributed by atoms with van der Waals surface area (Å²) in [7, 11) is -3.88. The van der Waals surface area contributed by atoms with Gasteiger partial charge in [0.05, 0.1) is 16.5 Å². The van der Waals surface area contributed by atoms with E-state index in [1.165, 1.54) is 19.1 Å². The van der Waals surface area contributed by atoms with Crippen molar-refractivity contribution in [1.29, 1.82) is 5.26 Å². The zero-order valence-corrected chi connectivity index (χ0v) is 15.9. The monoisotopic (exact) mass is 387 g/mol. The van der Waals surface area contributed by atoms with Crippen LogP contribution in [0.1, 0.15) is 31.4 Å². The number of nitrogens with one attached hydrogen (secondary N) is 2. The number of rotatable bonds is 8. The molecule has 27 heavy (non-hydrogen) atoms. The van der Waals surface area contributed by atoms with Crippen LogP contribution in [0.2, 0.25) is 0 Å². The van der Waals surface area contributed by atoms with Gasteiger partial charge in [0.1, 0.15) is 5.75 Å². The number of nitriles is 1. The molecule has 8 heteroatoms. The van der Waals surface area contributed by atoms with Gasteiger partial charge in [0, 0.05) is 0 Å². The summed E-state index contributed by atoms with van der Waals surface area (Å²) >= 11 is 0. The molecule has 0 aliphatic rings. The third-order valence-corrected chi connectivity index (χ3v) is 5.01. The molecule has 7 nitrogen and oxygen atoms in total. The maximum Gasteiger partial charge on any atom is 0.275 e. The van der Waals surface area contributed by atoms with Crippen molar-refractivity contribution in [2.75, 3.05) is 0 Å². The van der Waals surface area contributed by atoms with Crippen LogP contribution in [0.5, 0.6) is 5.75 Å². The van der Waals surface area contributed by atoms with Crippen LogP contribution in [0.4, 0.5) is 0 Å². The minimum atomic E-state index is -3.88. The lowest BCUT2D eigenvalue weighted by molar-refractivity contribution is -0.127. The Labute approximate surface area is 159 Å². The van der Waals surface area contributed by atoms with E-state index in [0.717, 1.165) is 18.4 Å². The summed E-state index contributed by atoms with van der Waals surface area (Å²) in [5.74, 6) is -0.253. The number of hydrogen-bond acceptors (Lipinski definition) is 5. The maximum absolute atomic E-state index is 12.3. The highest BCUT2D eigenvalue weighted by molar-refractivity contribution is 7.89. The van der Waals surface area contributed by atoms with Gasteiger partial charge in [-0.15, -0.1) is 4.83 Å². The van der Waals surface area contributed by atoms with Gasteiger partial charge in [-0.2, -0.15) is 5.26 Å². The number of carbonyl (C=O) groups excluding carboxylic acids is 1. The molecule has 0 spiro atoms. The Morgan fingerprint density at radius 1 is 1.15 bits per heavy atom. The molecule has 0 saturated carbocycles. The summed E-state index contributed by atoms with van der Waals surface area (Å²) in [5.41, 5.74) is 3.67. The molecule has 0 aromatic heterocycles. The average Bonchev–Trinajstić information content (AvgIpc) is 2.67. The molecule has 0 heterocycles. The predicted octanol–water partition coefficient (Wildman–Crippen LogP) is 2.29. The van der Waals surface area contributed by atoms with E-state index < -0.39 is 22.0 Å². The van der Waals surface area contributed by atoms with Gasteiger partial charge in [0.25, 0.3) is 15.9 Å². The number of nitrogens with zero attached hydrogens (tertiary/aromatic N) is 1. The Morgan fingerprint density at radius 2 is 1.78 bits per heavy atom. The van der Waals surface area contributed by atoms with Gasteiger partial charge in [-0.25, -0.2) is 8.42 Å². The van der Waals surface area contributed by atoms with E-state index in [2.05, 4.69) is 10.3 Å². The SMILES string of the molecule is CCCc1ccc(S(=O)(=O)NNC(=O)[C@@H](C)Oc2ccc(C#N)cc2)cc1. The van der Waals surface area contributed by atoms with Crippen molar-refractivity contribution in [2.45, 2.75) is 37.7 Å². The molecular formula is C19H21N3O4S. The first kappa shape index (κ1) is 20.4. The van der Waals surface area contributed by atoms with Crippen molar-refractivity contribution in [2.24, 2.45) is 0 Å². The average molecular weight is 387 g/mol. The van der Waals surface area contributed by atoms with Crippen molar-refractivity contribution in [3.05, 3.63) is 59.7 Å². The summed E-state index contributed by atoms with van der Waals surface area (Å²) in [6.07, 6.45) is 0.902. The lowest BCUT2D eigenvalue weighted by atomic mass is 10.1. The van der Waals surface area contributed by atoms with Crippen molar-refractivity contribution >= 4 is 15.9 Å². The smallest absolute Gasteiger partial charge is 0.275 e. The van der Waals surface area contributed by atoms with Gasteiger partial charge in [-0.1, -0.05) is 25.5 Å². The van der Waals surface area contributed by atoms with Crippen LogP contribution in [-0.4, -0.2) is 20.4 Å². The van der Waals surface area contributed by atoms with Gasteiger partial charge < -0.3 is 4.74 Å². The van der Waals surface area contributed by atoms with E-state index in [9.17, 15) is 13.2 Å². The van der Waals surface area contributed by atoms with E-state index >= 15 is 0 Å². The van der Waals surface area contributed by atoms with Crippen molar-refractivity contribution in [3.63, 3.8) is 0 Å². The molecule has 0 unspecified atom stereocenters. The molecule has 1 amide bonds. The quantitative estimate of drug-likeness (QED) is 0.676. The highest BCUT2D eigenvalue weighted by Crippen LogP contribution is 2.14. The van der Waals surface area contributed by atoms with Crippen LogP contribution in [-0.2, 0) is 21.2 Å². The Morgan fingerprint density at radius 3 is 2.33 bits per heavy atom. The fourth-order valence-corrected chi connectivity index (χ4v) is 3.11. The van der Waals surface area contributed by atoms with E-state index in [1.807, 2.05) is 13.0 Å². The first-order valence-electron chi connectivity index (χ1n) is 8.43. The summed E-state index contributed by atoms with van der Waals surface area (Å²) in [6, 6.07) is 14.7. The van der Waals surface area contributed by atoms with Crippen LogP contribution in [0, 0.1) is 11.3 Å². The largest absolute Gasteiger partial charge is 0.481 e. The molecule has 0 bridgehead atoms. The summed E-state index contributed by atoms with van der Waals surface area (Å²) < 4.78 is 30.0. The van der Waals surface area contributed by atoms with Crippen LogP contribution in [0.3, 0.4) is 0 Å². The standard InChI is InChI=1S/C19H21N3O4S/c1-3-4-15-7-11-18(12-8-15)27(24,25)22-21-19(23)14(2)26-17-9-5-16(13-20)6-10-17/h5-12,14,22H,3-4H2,1-2H3,(H,21,23)/t14-/m1/s1. The predicted molar refractivity (Wildman–Crippen MR) is 100 cm³/mol. The first-order valence-corrected chi connectivity index (χ1v) is 9.91. The number of hydrazine groups is 1. The second-order valence-electron chi connectivity index (χ2n) is 5.88. The molecule has 0 saturated heterocycles. The van der Waals surface area contributed by atoms with Gasteiger partial charge in [-0.05, 0) is 55.3 Å². The lowest BCUT2D eigenvalue weighted by Gasteiger charge is -2.15. The molecule has 2 N–H and O–H groups in total. The van der Waals surface area contributed by atoms with E-state index in [-0.39, 0.29) is 4.90 Å². The maximum atomic E-state index is 12.3. The molecule has 2 rings (SSSR count). The van der Waals surface area contributed by atoms with E-state index in [0.29, 0.717) is 11.3 Å².